The van der Waals surface area contributed by atoms with Gasteiger partial charge in [0, 0.05) is 16.2 Å². The van der Waals surface area contributed by atoms with Crippen molar-refractivity contribution < 1.29 is 23.5 Å². The van der Waals surface area contributed by atoms with Gasteiger partial charge in [0.2, 0.25) is 5.76 Å². The van der Waals surface area contributed by atoms with E-state index in [0.29, 0.717) is 33.8 Å². The number of rotatable bonds is 2. The molecule has 0 aliphatic rings. The van der Waals surface area contributed by atoms with Gasteiger partial charge < -0.3 is 13.9 Å². The minimum Gasteiger partial charge on any atom is -0.475 e. The normalized spacial score (nSPS) is 11.4. The molecule has 2 heterocycles. The molecule has 0 saturated heterocycles. The summed E-state index contributed by atoms with van der Waals surface area (Å²) in [6, 6.07) is 10.4. The van der Waals surface area contributed by atoms with E-state index in [2.05, 4.69) is 0 Å². The first kappa shape index (κ1) is 11.7. The Labute approximate surface area is 117 Å². The summed E-state index contributed by atoms with van der Waals surface area (Å²) in [5.41, 5.74) is 1.77. The zero-order valence-corrected chi connectivity index (χ0v) is 10.6. The van der Waals surface area contributed by atoms with Crippen LogP contribution in [0.4, 0.5) is 0 Å². The van der Waals surface area contributed by atoms with E-state index in [4.69, 9.17) is 13.9 Å². The molecule has 0 saturated carbocycles. The number of para-hydroxylation sites is 1. The van der Waals surface area contributed by atoms with Crippen molar-refractivity contribution in [2.24, 2.45) is 0 Å². The molecular formula is C16H8O5. The molecule has 4 aromatic rings. The highest BCUT2D eigenvalue weighted by Gasteiger charge is 2.19. The number of furan rings is 2. The standard InChI is InChI=1S/C16H8O5/c17-7-10-14-9-3-1-2-4-11(9)20-12(14)5-8-6-13(16(18)19)21-15(8)10/h1-7H,(H,18,19). The molecule has 5 heteroatoms. The monoisotopic (exact) mass is 280 g/mol. The second-order valence-corrected chi connectivity index (χ2v) is 4.71. The molecule has 0 amide bonds. The summed E-state index contributed by atoms with van der Waals surface area (Å²) in [6.45, 7) is 0. The van der Waals surface area contributed by atoms with Crippen LogP contribution in [0, 0.1) is 0 Å². The quantitative estimate of drug-likeness (QED) is 0.564. The molecule has 0 spiro atoms. The second kappa shape index (κ2) is 3.96. The Morgan fingerprint density at radius 3 is 2.67 bits per heavy atom. The first-order valence-corrected chi connectivity index (χ1v) is 6.25. The molecule has 102 valence electrons. The Morgan fingerprint density at radius 1 is 1.10 bits per heavy atom. The van der Waals surface area contributed by atoms with E-state index < -0.39 is 5.97 Å². The average Bonchev–Trinajstić information content (AvgIpc) is 3.05. The smallest absolute Gasteiger partial charge is 0.371 e. The third kappa shape index (κ3) is 1.51. The number of aldehydes is 1. The molecular weight excluding hydrogens is 272 g/mol. The summed E-state index contributed by atoms with van der Waals surface area (Å²) in [5.74, 6) is -1.38. The van der Waals surface area contributed by atoms with Crippen LogP contribution in [0.1, 0.15) is 20.9 Å². The number of fused-ring (bicyclic) bond motifs is 4. The third-order valence-electron chi connectivity index (χ3n) is 3.51. The van der Waals surface area contributed by atoms with Gasteiger partial charge >= 0.3 is 5.97 Å². The van der Waals surface area contributed by atoms with Gasteiger partial charge in [0.05, 0.1) is 5.56 Å². The van der Waals surface area contributed by atoms with Crippen LogP contribution in [0.25, 0.3) is 32.9 Å². The van der Waals surface area contributed by atoms with Crippen LogP contribution in [0.15, 0.2) is 45.2 Å². The SMILES string of the molecule is O=Cc1c2oc(C(=O)O)cc2cc2oc3ccccc3c12. The third-order valence-corrected chi connectivity index (χ3v) is 3.51. The summed E-state index contributed by atoms with van der Waals surface area (Å²) >= 11 is 0. The Kier molecular flexibility index (Phi) is 2.21. The lowest BCUT2D eigenvalue weighted by Crippen LogP contribution is -1.91. The topological polar surface area (TPSA) is 80.7 Å². The van der Waals surface area contributed by atoms with Crippen LogP contribution >= 0.6 is 0 Å². The van der Waals surface area contributed by atoms with Crippen molar-refractivity contribution in [1.29, 1.82) is 0 Å². The molecule has 0 aliphatic heterocycles. The predicted molar refractivity (Wildman–Crippen MR) is 75.8 cm³/mol. The van der Waals surface area contributed by atoms with Crippen LogP contribution in [0.3, 0.4) is 0 Å². The van der Waals surface area contributed by atoms with Gasteiger partial charge in [-0.1, -0.05) is 18.2 Å². The number of hydrogen-bond acceptors (Lipinski definition) is 4. The highest BCUT2D eigenvalue weighted by molar-refractivity contribution is 6.19. The lowest BCUT2D eigenvalue weighted by atomic mass is 10.0. The molecule has 0 aliphatic carbocycles. The summed E-state index contributed by atoms with van der Waals surface area (Å²) in [7, 11) is 0. The fraction of sp³-hybridized carbons (Fsp3) is 0. The fourth-order valence-corrected chi connectivity index (χ4v) is 2.64. The second-order valence-electron chi connectivity index (χ2n) is 4.71. The highest BCUT2D eigenvalue weighted by Crippen LogP contribution is 2.36. The number of aromatic carboxylic acids is 1. The van der Waals surface area contributed by atoms with Gasteiger partial charge in [-0.25, -0.2) is 4.79 Å². The van der Waals surface area contributed by atoms with Crippen LogP contribution in [0.2, 0.25) is 0 Å². The van der Waals surface area contributed by atoms with E-state index in [1.165, 1.54) is 6.07 Å². The molecule has 0 fully saturated rings. The molecule has 2 aromatic heterocycles. The Balaban J connectivity index is 2.25. The molecule has 2 aromatic carbocycles. The van der Waals surface area contributed by atoms with Gasteiger partial charge in [-0.2, -0.15) is 0 Å². The Bertz CT molecular complexity index is 1040. The lowest BCUT2D eigenvalue weighted by Gasteiger charge is -1.96. The van der Waals surface area contributed by atoms with Crippen molar-refractivity contribution >= 4 is 45.2 Å². The van der Waals surface area contributed by atoms with Crippen molar-refractivity contribution in [2.75, 3.05) is 0 Å². The van der Waals surface area contributed by atoms with Crippen molar-refractivity contribution in [3.63, 3.8) is 0 Å². The first-order valence-electron chi connectivity index (χ1n) is 6.25. The van der Waals surface area contributed by atoms with Crippen molar-refractivity contribution in [2.45, 2.75) is 0 Å². The van der Waals surface area contributed by atoms with Crippen LogP contribution in [0.5, 0.6) is 0 Å². The van der Waals surface area contributed by atoms with Gasteiger partial charge in [-0.15, -0.1) is 0 Å². The maximum absolute atomic E-state index is 11.5. The largest absolute Gasteiger partial charge is 0.475 e. The number of carboxylic acids is 1. The maximum atomic E-state index is 11.5. The number of carboxylic acid groups (broad SMARTS) is 1. The van der Waals surface area contributed by atoms with E-state index in [1.54, 1.807) is 6.07 Å². The van der Waals surface area contributed by atoms with Gasteiger partial charge in [0.15, 0.2) is 6.29 Å². The molecule has 0 radical (unpaired) electrons. The Morgan fingerprint density at radius 2 is 1.90 bits per heavy atom. The molecule has 0 atom stereocenters. The predicted octanol–water partition coefficient (Wildman–Crippen LogP) is 3.84. The van der Waals surface area contributed by atoms with Crippen LogP contribution < -0.4 is 0 Å². The number of hydrogen-bond donors (Lipinski definition) is 1. The zero-order valence-electron chi connectivity index (χ0n) is 10.6. The molecule has 4 rings (SSSR count). The van der Waals surface area contributed by atoms with Crippen molar-refractivity contribution in [3.05, 3.63) is 47.7 Å². The molecule has 0 bridgehead atoms. The summed E-state index contributed by atoms with van der Waals surface area (Å²) < 4.78 is 11.0. The minimum atomic E-state index is -1.18. The maximum Gasteiger partial charge on any atom is 0.371 e. The van der Waals surface area contributed by atoms with E-state index in [9.17, 15) is 9.59 Å². The summed E-state index contributed by atoms with van der Waals surface area (Å²) in [4.78, 5) is 22.5. The van der Waals surface area contributed by atoms with Gasteiger partial charge in [-0.05, 0) is 18.2 Å². The molecule has 5 nitrogen and oxygen atoms in total. The van der Waals surface area contributed by atoms with E-state index in [0.717, 1.165) is 5.39 Å². The van der Waals surface area contributed by atoms with E-state index in [1.807, 2.05) is 24.3 Å². The molecule has 21 heavy (non-hydrogen) atoms. The van der Waals surface area contributed by atoms with Gasteiger partial charge in [-0.3, -0.25) is 4.79 Å². The number of carbonyl (C=O) groups excluding carboxylic acids is 1. The minimum absolute atomic E-state index is 0.204. The van der Waals surface area contributed by atoms with Crippen molar-refractivity contribution in [1.82, 2.24) is 0 Å². The fourth-order valence-electron chi connectivity index (χ4n) is 2.64. The lowest BCUT2D eigenvalue weighted by molar-refractivity contribution is 0.0664. The van der Waals surface area contributed by atoms with Crippen LogP contribution in [-0.2, 0) is 0 Å². The summed E-state index contributed by atoms with van der Waals surface area (Å²) in [5, 5.41) is 11.0. The molecule has 1 N–H and O–H groups in total. The van der Waals surface area contributed by atoms with Crippen LogP contribution in [-0.4, -0.2) is 17.4 Å². The van der Waals surface area contributed by atoms with Gasteiger partial charge in [0.25, 0.3) is 0 Å². The van der Waals surface area contributed by atoms with E-state index in [-0.39, 0.29) is 11.3 Å². The van der Waals surface area contributed by atoms with E-state index >= 15 is 0 Å². The Hall–Kier alpha value is -3.08. The first-order chi connectivity index (χ1) is 10.2. The molecule has 0 unspecified atom stereocenters. The van der Waals surface area contributed by atoms with Crippen molar-refractivity contribution in [3.8, 4) is 0 Å². The highest BCUT2D eigenvalue weighted by atomic mass is 16.4. The number of carbonyl (C=O) groups is 2. The number of benzene rings is 2. The average molecular weight is 280 g/mol. The van der Waals surface area contributed by atoms with Gasteiger partial charge in [0.1, 0.15) is 16.7 Å². The zero-order chi connectivity index (χ0) is 14.6. The summed E-state index contributed by atoms with van der Waals surface area (Å²) in [6.07, 6.45) is 0.668.